The van der Waals surface area contributed by atoms with Gasteiger partial charge in [0.15, 0.2) is 0 Å². The van der Waals surface area contributed by atoms with E-state index in [0.717, 1.165) is 18.4 Å². The van der Waals surface area contributed by atoms with Gasteiger partial charge in [0.2, 0.25) is 0 Å². The van der Waals surface area contributed by atoms with E-state index in [9.17, 15) is 9.90 Å². The average molecular weight is 262 g/mol. The van der Waals surface area contributed by atoms with Gasteiger partial charge < -0.3 is 15.7 Å². The van der Waals surface area contributed by atoms with E-state index in [-0.39, 0.29) is 18.7 Å². The third-order valence-corrected chi connectivity index (χ3v) is 3.59. The highest BCUT2D eigenvalue weighted by Crippen LogP contribution is 2.34. The van der Waals surface area contributed by atoms with Gasteiger partial charge in [-0.3, -0.25) is 0 Å². The van der Waals surface area contributed by atoms with Crippen molar-refractivity contribution in [3.05, 3.63) is 35.9 Å². The Balaban J connectivity index is 1.81. The molecule has 1 aliphatic rings. The van der Waals surface area contributed by atoms with Crippen molar-refractivity contribution in [3.63, 3.8) is 0 Å². The summed E-state index contributed by atoms with van der Waals surface area (Å²) in [6.07, 6.45) is 3.41. The molecule has 1 fully saturated rings. The van der Waals surface area contributed by atoms with Gasteiger partial charge in [-0.1, -0.05) is 43.7 Å². The second kappa shape index (κ2) is 6.57. The maximum atomic E-state index is 11.9. The van der Waals surface area contributed by atoms with Crippen LogP contribution in [0.15, 0.2) is 30.3 Å². The first-order valence-corrected chi connectivity index (χ1v) is 6.97. The molecule has 1 saturated carbocycles. The number of aliphatic hydroxyl groups is 1. The number of nitrogens with one attached hydrogen (secondary N) is 2. The molecule has 0 spiro atoms. The lowest BCUT2D eigenvalue weighted by Crippen LogP contribution is -2.40. The number of urea groups is 1. The summed E-state index contributed by atoms with van der Waals surface area (Å²) in [4.78, 5) is 11.9. The van der Waals surface area contributed by atoms with Gasteiger partial charge in [0.05, 0.1) is 12.6 Å². The second-order valence-corrected chi connectivity index (χ2v) is 5.15. The zero-order valence-electron chi connectivity index (χ0n) is 11.3. The highest BCUT2D eigenvalue weighted by molar-refractivity contribution is 5.75. The molecule has 104 valence electrons. The van der Waals surface area contributed by atoms with Crippen LogP contribution in [0.3, 0.4) is 0 Å². The third kappa shape index (κ3) is 3.96. The van der Waals surface area contributed by atoms with Crippen LogP contribution in [0.1, 0.15) is 37.8 Å². The number of carbonyl (C=O) groups is 1. The Kier molecular flexibility index (Phi) is 4.80. The van der Waals surface area contributed by atoms with Gasteiger partial charge in [-0.15, -0.1) is 0 Å². The van der Waals surface area contributed by atoms with Gasteiger partial charge >= 0.3 is 6.03 Å². The maximum absolute atomic E-state index is 11.9. The fourth-order valence-corrected chi connectivity index (χ4v) is 2.40. The van der Waals surface area contributed by atoms with E-state index in [1.54, 1.807) is 0 Å². The van der Waals surface area contributed by atoms with Gasteiger partial charge in [-0.25, -0.2) is 4.79 Å². The molecule has 0 saturated heterocycles. The van der Waals surface area contributed by atoms with E-state index in [4.69, 9.17) is 0 Å². The SMILES string of the molecule is CCCC1CC1NC(=O)NC(CO)c1ccccc1. The number of benzene rings is 1. The van der Waals surface area contributed by atoms with Gasteiger partial charge in [-0.2, -0.15) is 0 Å². The molecule has 19 heavy (non-hydrogen) atoms. The van der Waals surface area contributed by atoms with Crippen molar-refractivity contribution in [2.24, 2.45) is 5.92 Å². The van der Waals surface area contributed by atoms with Gasteiger partial charge in [0, 0.05) is 6.04 Å². The van der Waals surface area contributed by atoms with Crippen molar-refractivity contribution in [2.45, 2.75) is 38.3 Å². The molecule has 0 heterocycles. The summed E-state index contributed by atoms with van der Waals surface area (Å²) in [6, 6.07) is 9.30. The molecule has 1 aliphatic carbocycles. The molecule has 0 aliphatic heterocycles. The normalized spacial score (nSPS) is 22.6. The molecular weight excluding hydrogens is 240 g/mol. The number of hydrogen-bond acceptors (Lipinski definition) is 2. The Labute approximate surface area is 114 Å². The summed E-state index contributed by atoms with van der Waals surface area (Å²) < 4.78 is 0. The number of carbonyl (C=O) groups excluding carboxylic acids is 1. The Morgan fingerprint density at radius 2 is 2.16 bits per heavy atom. The number of amides is 2. The number of aliphatic hydroxyl groups excluding tert-OH is 1. The van der Waals surface area contributed by atoms with E-state index in [1.807, 2.05) is 30.3 Å². The Morgan fingerprint density at radius 3 is 2.79 bits per heavy atom. The van der Waals surface area contributed by atoms with Gasteiger partial charge in [0.25, 0.3) is 0 Å². The molecule has 2 rings (SSSR count). The highest BCUT2D eigenvalue weighted by atomic mass is 16.3. The van der Waals surface area contributed by atoms with Crippen molar-refractivity contribution in [3.8, 4) is 0 Å². The maximum Gasteiger partial charge on any atom is 0.315 e. The van der Waals surface area contributed by atoms with Crippen molar-refractivity contribution >= 4 is 6.03 Å². The predicted molar refractivity (Wildman–Crippen MR) is 74.7 cm³/mol. The third-order valence-electron chi connectivity index (χ3n) is 3.59. The van der Waals surface area contributed by atoms with Crippen LogP contribution in [-0.2, 0) is 0 Å². The summed E-state index contributed by atoms with van der Waals surface area (Å²) in [5.74, 6) is 0.639. The van der Waals surface area contributed by atoms with Crippen LogP contribution in [0.4, 0.5) is 4.79 Å². The molecule has 3 unspecified atom stereocenters. The molecular formula is C15H22N2O2. The van der Waals surface area contributed by atoms with Crippen LogP contribution >= 0.6 is 0 Å². The Morgan fingerprint density at radius 1 is 1.42 bits per heavy atom. The van der Waals surface area contributed by atoms with Crippen molar-refractivity contribution < 1.29 is 9.90 Å². The minimum Gasteiger partial charge on any atom is -0.394 e. The molecule has 3 atom stereocenters. The smallest absolute Gasteiger partial charge is 0.315 e. The van der Waals surface area contributed by atoms with E-state index in [1.165, 1.54) is 6.42 Å². The first-order valence-electron chi connectivity index (χ1n) is 6.97. The predicted octanol–water partition coefficient (Wildman–Crippen LogP) is 2.21. The lowest BCUT2D eigenvalue weighted by atomic mass is 10.1. The molecule has 4 heteroatoms. The first kappa shape index (κ1) is 13.9. The average Bonchev–Trinajstić information content (AvgIpc) is 3.15. The van der Waals surface area contributed by atoms with E-state index >= 15 is 0 Å². The van der Waals surface area contributed by atoms with Crippen molar-refractivity contribution in [2.75, 3.05) is 6.61 Å². The monoisotopic (exact) mass is 262 g/mol. The first-order chi connectivity index (χ1) is 9.24. The van der Waals surface area contributed by atoms with Crippen LogP contribution in [0.2, 0.25) is 0 Å². The Hall–Kier alpha value is -1.55. The molecule has 2 amide bonds. The summed E-state index contributed by atoms with van der Waals surface area (Å²) in [6.45, 7) is 2.06. The minimum atomic E-state index is -0.343. The standard InChI is InChI=1S/C15H22N2O2/c1-2-6-12-9-13(12)16-15(19)17-14(10-18)11-7-4-3-5-8-11/h3-5,7-8,12-14,18H,2,6,9-10H2,1H3,(H2,16,17,19). The van der Waals surface area contributed by atoms with Crippen LogP contribution < -0.4 is 10.6 Å². The van der Waals surface area contributed by atoms with E-state index < -0.39 is 0 Å². The van der Waals surface area contributed by atoms with E-state index in [0.29, 0.717) is 12.0 Å². The van der Waals surface area contributed by atoms with Crippen LogP contribution in [0.5, 0.6) is 0 Å². The van der Waals surface area contributed by atoms with Crippen LogP contribution in [0.25, 0.3) is 0 Å². The van der Waals surface area contributed by atoms with E-state index in [2.05, 4.69) is 17.6 Å². The quantitative estimate of drug-likeness (QED) is 0.736. The number of rotatable bonds is 6. The number of hydrogen-bond donors (Lipinski definition) is 3. The molecule has 0 aromatic heterocycles. The molecule has 1 aromatic carbocycles. The zero-order valence-corrected chi connectivity index (χ0v) is 11.3. The van der Waals surface area contributed by atoms with Gasteiger partial charge in [0.1, 0.15) is 0 Å². The van der Waals surface area contributed by atoms with Gasteiger partial charge in [-0.05, 0) is 24.3 Å². The zero-order chi connectivity index (χ0) is 13.7. The summed E-state index contributed by atoms with van der Waals surface area (Å²) in [5.41, 5.74) is 0.918. The fourth-order valence-electron chi connectivity index (χ4n) is 2.40. The summed E-state index contributed by atoms with van der Waals surface area (Å²) in [5, 5.41) is 15.2. The summed E-state index contributed by atoms with van der Waals surface area (Å²) in [7, 11) is 0. The highest BCUT2D eigenvalue weighted by Gasteiger charge is 2.37. The largest absolute Gasteiger partial charge is 0.394 e. The van der Waals surface area contributed by atoms with Crippen molar-refractivity contribution in [1.29, 1.82) is 0 Å². The topological polar surface area (TPSA) is 61.4 Å². The molecule has 4 nitrogen and oxygen atoms in total. The van der Waals surface area contributed by atoms with Crippen LogP contribution in [0, 0.1) is 5.92 Å². The molecule has 3 N–H and O–H groups in total. The van der Waals surface area contributed by atoms with Crippen molar-refractivity contribution in [1.82, 2.24) is 10.6 Å². The molecule has 0 radical (unpaired) electrons. The van der Waals surface area contributed by atoms with Crippen LogP contribution in [-0.4, -0.2) is 23.8 Å². The molecule has 0 bridgehead atoms. The summed E-state index contributed by atoms with van der Waals surface area (Å²) >= 11 is 0. The Bertz CT molecular complexity index is 408. The minimum absolute atomic E-state index is 0.0967. The lowest BCUT2D eigenvalue weighted by molar-refractivity contribution is 0.216. The molecule has 1 aromatic rings. The fraction of sp³-hybridized carbons (Fsp3) is 0.533. The second-order valence-electron chi connectivity index (χ2n) is 5.15. The lowest BCUT2D eigenvalue weighted by Gasteiger charge is -2.17.